The molecule has 0 saturated heterocycles. The summed E-state index contributed by atoms with van der Waals surface area (Å²) in [5, 5.41) is 4.17. The maximum absolute atomic E-state index is 11.4. The Kier molecular flexibility index (Phi) is 3.06. The predicted molar refractivity (Wildman–Crippen MR) is 68.8 cm³/mol. The molecule has 2 aromatic rings. The minimum atomic E-state index is -0.495. The lowest BCUT2D eigenvalue weighted by molar-refractivity contribution is 0.0593. The van der Waals surface area contributed by atoms with Crippen molar-refractivity contribution >= 4 is 11.8 Å². The Morgan fingerprint density at radius 1 is 1.39 bits per heavy atom. The number of anilines is 1. The van der Waals surface area contributed by atoms with Crippen LogP contribution in [0.2, 0.25) is 0 Å². The Hall–Kier alpha value is -2.30. The number of rotatable bonds is 2. The van der Waals surface area contributed by atoms with Crippen LogP contribution in [0.5, 0.6) is 0 Å². The molecule has 2 rings (SSSR count). The van der Waals surface area contributed by atoms with Crippen LogP contribution in [-0.4, -0.2) is 22.9 Å². The van der Waals surface area contributed by atoms with Gasteiger partial charge in [-0.2, -0.15) is 5.10 Å². The molecule has 2 N–H and O–H groups in total. The molecule has 0 aliphatic heterocycles. The average Bonchev–Trinajstić information content (AvgIpc) is 2.74. The molecular weight excluding hydrogens is 230 g/mol. The fraction of sp³-hybridized carbons (Fsp3) is 0.231. The van der Waals surface area contributed by atoms with Gasteiger partial charge in [0.1, 0.15) is 5.82 Å². The molecule has 0 atom stereocenters. The van der Waals surface area contributed by atoms with Crippen molar-refractivity contribution < 1.29 is 9.53 Å². The summed E-state index contributed by atoms with van der Waals surface area (Å²) in [5.74, 6) is -0.0881. The standard InChI is InChI=1S/C13H15N3O2/c1-8-5-4-6-11(9(8)2)16-12(14)7-10(15-16)13(17)18-3/h4-7H,14H2,1-3H3. The summed E-state index contributed by atoms with van der Waals surface area (Å²) in [7, 11) is 1.31. The van der Waals surface area contributed by atoms with Gasteiger partial charge in [0.2, 0.25) is 0 Å². The van der Waals surface area contributed by atoms with Crippen LogP contribution in [0.1, 0.15) is 21.6 Å². The van der Waals surface area contributed by atoms with Gasteiger partial charge < -0.3 is 10.5 Å². The molecule has 0 aliphatic rings. The highest BCUT2D eigenvalue weighted by Crippen LogP contribution is 2.20. The molecule has 0 radical (unpaired) electrons. The van der Waals surface area contributed by atoms with Crippen LogP contribution in [-0.2, 0) is 4.74 Å². The van der Waals surface area contributed by atoms with Crippen LogP contribution in [0.3, 0.4) is 0 Å². The predicted octanol–water partition coefficient (Wildman–Crippen LogP) is 1.86. The minimum absolute atomic E-state index is 0.205. The number of aryl methyl sites for hydroxylation is 1. The van der Waals surface area contributed by atoms with E-state index in [0.717, 1.165) is 16.8 Å². The highest BCUT2D eigenvalue weighted by Gasteiger charge is 2.15. The van der Waals surface area contributed by atoms with Crippen molar-refractivity contribution in [3.8, 4) is 5.69 Å². The number of benzene rings is 1. The van der Waals surface area contributed by atoms with Crippen LogP contribution in [0, 0.1) is 13.8 Å². The van der Waals surface area contributed by atoms with Crippen molar-refractivity contribution in [1.82, 2.24) is 9.78 Å². The number of aromatic nitrogens is 2. The molecule has 0 fully saturated rings. The summed E-state index contributed by atoms with van der Waals surface area (Å²) in [5.41, 5.74) is 9.16. The number of nitrogens with zero attached hydrogens (tertiary/aromatic N) is 2. The number of carbonyl (C=O) groups excluding carboxylic acids is 1. The third-order valence-corrected chi connectivity index (χ3v) is 2.94. The van der Waals surface area contributed by atoms with Gasteiger partial charge in [-0.1, -0.05) is 12.1 Å². The Balaban J connectivity index is 2.54. The molecule has 1 aromatic carbocycles. The maximum Gasteiger partial charge on any atom is 0.358 e. The van der Waals surface area contributed by atoms with Crippen molar-refractivity contribution in [2.75, 3.05) is 12.8 Å². The number of hydrogen-bond donors (Lipinski definition) is 1. The third-order valence-electron chi connectivity index (χ3n) is 2.94. The molecule has 0 saturated carbocycles. The highest BCUT2D eigenvalue weighted by atomic mass is 16.5. The third kappa shape index (κ3) is 1.95. The molecule has 0 aliphatic carbocycles. The second-order valence-electron chi connectivity index (χ2n) is 4.08. The number of hydrogen-bond acceptors (Lipinski definition) is 4. The second kappa shape index (κ2) is 4.52. The number of nitrogen functional groups attached to an aromatic ring is 1. The monoisotopic (exact) mass is 245 g/mol. The molecule has 1 aromatic heterocycles. The number of methoxy groups -OCH3 is 1. The van der Waals surface area contributed by atoms with E-state index in [4.69, 9.17) is 5.73 Å². The molecule has 1 heterocycles. The molecule has 0 spiro atoms. The van der Waals surface area contributed by atoms with Crippen molar-refractivity contribution in [3.63, 3.8) is 0 Å². The van der Waals surface area contributed by atoms with E-state index >= 15 is 0 Å². The second-order valence-corrected chi connectivity index (χ2v) is 4.08. The van der Waals surface area contributed by atoms with E-state index in [1.54, 1.807) is 4.68 Å². The SMILES string of the molecule is COC(=O)c1cc(N)n(-c2cccc(C)c2C)n1. The fourth-order valence-corrected chi connectivity index (χ4v) is 1.76. The number of carbonyl (C=O) groups is 1. The van der Waals surface area contributed by atoms with Gasteiger partial charge in [-0.05, 0) is 31.0 Å². The highest BCUT2D eigenvalue weighted by molar-refractivity contribution is 5.88. The van der Waals surface area contributed by atoms with Crippen molar-refractivity contribution in [2.24, 2.45) is 0 Å². The van der Waals surface area contributed by atoms with E-state index in [-0.39, 0.29) is 5.69 Å². The largest absolute Gasteiger partial charge is 0.464 e. The Labute approximate surface area is 105 Å². The molecule has 0 amide bonds. The lowest BCUT2D eigenvalue weighted by Gasteiger charge is -2.09. The molecular formula is C13H15N3O2. The first-order valence-electron chi connectivity index (χ1n) is 5.55. The van der Waals surface area contributed by atoms with E-state index in [1.165, 1.54) is 13.2 Å². The van der Waals surface area contributed by atoms with Gasteiger partial charge >= 0.3 is 5.97 Å². The van der Waals surface area contributed by atoms with Crippen LogP contribution in [0.15, 0.2) is 24.3 Å². The van der Waals surface area contributed by atoms with Gasteiger partial charge in [-0.25, -0.2) is 9.48 Å². The Bertz CT molecular complexity index is 602. The lowest BCUT2D eigenvalue weighted by atomic mass is 10.1. The van der Waals surface area contributed by atoms with Gasteiger partial charge in [0.25, 0.3) is 0 Å². The van der Waals surface area contributed by atoms with Crippen molar-refractivity contribution in [2.45, 2.75) is 13.8 Å². The minimum Gasteiger partial charge on any atom is -0.464 e. The first kappa shape index (κ1) is 12.2. The van der Waals surface area contributed by atoms with E-state index in [1.807, 2.05) is 32.0 Å². The molecule has 18 heavy (non-hydrogen) atoms. The lowest BCUT2D eigenvalue weighted by Crippen LogP contribution is -2.06. The zero-order valence-corrected chi connectivity index (χ0v) is 10.6. The van der Waals surface area contributed by atoms with Crippen molar-refractivity contribution in [3.05, 3.63) is 41.1 Å². The summed E-state index contributed by atoms with van der Waals surface area (Å²) < 4.78 is 6.17. The fourth-order valence-electron chi connectivity index (χ4n) is 1.76. The molecule has 0 bridgehead atoms. The van der Waals surface area contributed by atoms with Crippen LogP contribution < -0.4 is 5.73 Å². The molecule has 5 nitrogen and oxygen atoms in total. The topological polar surface area (TPSA) is 70.1 Å². The zero-order valence-electron chi connectivity index (χ0n) is 10.6. The number of esters is 1. The van der Waals surface area contributed by atoms with Crippen LogP contribution in [0.25, 0.3) is 5.69 Å². The quantitative estimate of drug-likeness (QED) is 0.820. The normalized spacial score (nSPS) is 10.4. The first-order chi connectivity index (χ1) is 8.54. The smallest absolute Gasteiger partial charge is 0.358 e. The van der Waals surface area contributed by atoms with E-state index < -0.39 is 5.97 Å². The number of nitrogens with two attached hydrogens (primary N) is 1. The van der Waals surface area contributed by atoms with E-state index in [9.17, 15) is 4.79 Å². The van der Waals surface area contributed by atoms with Gasteiger partial charge in [-0.15, -0.1) is 0 Å². The maximum atomic E-state index is 11.4. The average molecular weight is 245 g/mol. The molecule has 0 unspecified atom stereocenters. The van der Waals surface area contributed by atoms with Crippen LogP contribution in [0.4, 0.5) is 5.82 Å². The zero-order chi connectivity index (χ0) is 13.3. The van der Waals surface area contributed by atoms with Crippen molar-refractivity contribution in [1.29, 1.82) is 0 Å². The molecule has 94 valence electrons. The summed E-state index contributed by atoms with van der Waals surface area (Å²) in [6.45, 7) is 4.00. The first-order valence-corrected chi connectivity index (χ1v) is 5.55. The Morgan fingerprint density at radius 3 is 2.78 bits per heavy atom. The summed E-state index contributed by atoms with van der Waals surface area (Å²) in [4.78, 5) is 11.4. The van der Waals surface area contributed by atoms with E-state index in [2.05, 4.69) is 9.84 Å². The van der Waals surface area contributed by atoms with E-state index in [0.29, 0.717) is 5.82 Å². The Morgan fingerprint density at radius 2 is 2.11 bits per heavy atom. The summed E-state index contributed by atoms with van der Waals surface area (Å²) in [6, 6.07) is 7.36. The summed E-state index contributed by atoms with van der Waals surface area (Å²) >= 11 is 0. The van der Waals surface area contributed by atoms with Gasteiger partial charge in [-0.3, -0.25) is 0 Å². The van der Waals surface area contributed by atoms with Crippen LogP contribution >= 0.6 is 0 Å². The molecule has 5 heteroatoms. The number of ether oxygens (including phenoxy) is 1. The van der Waals surface area contributed by atoms with Gasteiger partial charge in [0, 0.05) is 6.07 Å². The van der Waals surface area contributed by atoms with Gasteiger partial charge in [0.05, 0.1) is 12.8 Å². The summed E-state index contributed by atoms with van der Waals surface area (Å²) in [6.07, 6.45) is 0. The van der Waals surface area contributed by atoms with Gasteiger partial charge in [0.15, 0.2) is 5.69 Å².